The summed E-state index contributed by atoms with van der Waals surface area (Å²) in [6.07, 6.45) is 0.386. The first-order valence-corrected chi connectivity index (χ1v) is 5.44. The number of ether oxygens (including phenoxy) is 1. The lowest BCUT2D eigenvalue weighted by Crippen LogP contribution is -2.48. The Bertz CT molecular complexity index is 430. The van der Waals surface area contributed by atoms with Crippen LogP contribution in [0.25, 0.3) is 0 Å². The number of hydrogen-bond donors (Lipinski definition) is 1. The largest absolute Gasteiger partial charge is 0.465 e. The summed E-state index contributed by atoms with van der Waals surface area (Å²) < 4.78 is 4.91. The highest BCUT2D eigenvalue weighted by Crippen LogP contribution is 2.13. The molecule has 4 heteroatoms. The van der Waals surface area contributed by atoms with Gasteiger partial charge in [0, 0.05) is 6.42 Å². The van der Waals surface area contributed by atoms with E-state index in [1.807, 2.05) is 6.07 Å². The Balaban J connectivity index is 2.76. The van der Waals surface area contributed by atoms with E-state index in [1.54, 1.807) is 38.1 Å². The Kier molecular flexibility index (Phi) is 4.24. The van der Waals surface area contributed by atoms with Crippen molar-refractivity contribution in [1.82, 2.24) is 0 Å². The van der Waals surface area contributed by atoms with Crippen LogP contribution in [0.3, 0.4) is 0 Å². The summed E-state index contributed by atoms with van der Waals surface area (Å²) in [6, 6.07) is 9.04. The Morgan fingerprint density at radius 3 is 2.53 bits per heavy atom. The third-order valence-electron chi connectivity index (χ3n) is 2.40. The van der Waals surface area contributed by atoms with Crippen LogP contribution in [0, 0.1) is 11.3 Å². The van der Waals surface area contributed by atoms with Crippen molar-refractivity contribution in [3.05, 3.63) is 35.4 Å². The number of hydrogen-bond acceptors (Lipinski definition) is 4. The lowest BCUT2D eigenvalue weighted by atomic mass is 9.93. The highest BCUT2D eigenvalue weighted by atomic mass is 16.5. The molecule has 0 saturated heterocycles. The summed E-state index contributed by atoms with van der Waals surface area (Å²) >= 11 is 0. The van der Waals surface area contributed by atoms with Crippen LogP contribution in [0.2, 0.25) is 0 Å². The highest BCUT2D eigenvalue weighted by molar-refractivity contribution is 5.80. The molecule has 0 aliphatic rings. The molecule has 90 valence electrons. The van der Waals surface area contributed by atoms with Gasteiger partial charge in [-0.25, -0.2) is 0 Å². The van der Waals surface area contributed by atoms with Gasteiger partial charge in [-0.1, -0.05) is 12.1 Å². The van der Waals surface area contributed by atoms with Gasteiger partial charge in [0.1, 0.15) is 5.54 Å². The SMILES string of the molecule is CCOC(=O)[C@](C)(N)Cc1ccc(C#N)cc1. The van der Waals surface area contributed by atoms with Crippen LogP contribution in [-0.4, -0.2) is 18.1 Å². The number of carbonyl (C=O) groups excluding carboxylic acids is 1. The second-order valence-electron chi connectivity index (χ2n) is 4.12. The molecule has 1 aromatic carbocycles. The van der Waals surface area contributed by atoms with Gasteiger partial charge < -0.3 is 10.5 Å². The number of nitrogens with two attached hydrogens (primary N) is 1. The summed E-state index contributed by atoms with van der Waals surface area (Å²) in [5, 5.41) is 8.67. The van der Waals surface area contributed by atoms with Crippen LogP contribution in [0.5, 0.6) is 0 Å². The molecular weight excluding hydrogens is 216 g/mol. The molecule has 0 aliphatic carbocycles. The number of rotatable bonds is 4. The molecule has 0 spiro atoms. The van der Waals surface area contributed by atoms with Gasteiger partial charge in [-0.15, -0.1) is 0 Å². The number of esters is 1. The van der Waals surface area contributed by atoms with Gasteiger partial charge in [0.25, 0.3) is 0 Å². The lowest BCUT2D eigenvalue weighted by molar-refractivity contribution is -0.148. The molecule has 4 nitrogen and oxygen atoms in total. The average molecular weight is 232 g/mol. The molecule has 1 rings (SSSR count). The van der Waals surface area contributed by atoms with Crippen LogP contribution in [-0.2, 0) is 16.0 Å². The molecule has 0 radical (unpaired) electrons. The smallest absolute Gasteiger partial charge is 0.326 e. The van der Waals surface area contributed by atoms with E-state index in [-0.39, 0.29) is 0 Å². The molecule has 17 heavy (non-hydrogen) atoms. The summed E-state index contributed by atoms with van der Waals surface area (Å²) in [4.78, 5) is 11.6. The Labute approximate surface area is 101 Å². The van der Waals surface area contributed by atoms with E-state index < -0.39 is 11.5 Å². The summed E-state index contributed by atoms with van der Waals surface area (Å²) in [5.74, 6) is -0.413. The molecule has 1 aromatic rings. The minimum atomic E-state index is -1.04. The third kappa shape index (κ3) is 3.58. The van der Waals surface area contributed by atoms with Gasteiger partial charge in [-0.3, -0.25) is 4.79 Å². The quantitative estimate of drug-likeness (QED) is 0.796. The fraction of sp³-hybridized carbons (Fsp3) is 0.385. The zero-order valence-corrected chi connectivity index (χ0v) is 10.1. The topological polar surface area (TPSA) is 76.1 Å². The van der Waals surface area contributed by atoms with Crippen molar-refractivity contribution in [2.45, 2.75) is 25.8 Å². The number of nitrogens with zero attached hydrogens (tertiary/aromatic N) is 1. The number of benzene rings is 1. The average Bonchev–Trinajstić information content (AvgIpc) is 2.30. The molecule has 0 aliphatic heterocycles. The first kappa shape index (κ1) is 13.2. The minimum Gasteiger partial charge on any atom is -0.465 e. The fourth-order valence-electron chi connectivity index (χ4n) is 1.49. The second-order valence-corrected chi connectivity index (χ2v) is 4.12. The van der Waals surface area contributed by atoms with E-state index in [0.717, 1.165) is 5.56 Å². The summed E-state index contributed by atoms with van der Waals surface area (Å²) in [7, 11) is 0. The zero-order chi connectivity index (χ0) is 12.9. The molecule has 0 saturated carbocycles. The Morgan fingerprint density at radius 2 is 2.06 bits per heavy atom. The molecule has 0 bridgehead atoms. The van der Waals surface area contributed by atoms with E-state index in [1.165, 1.54) is 0 Å². The first-order chi connectivity index (χ1) is 7.99. The van der Waals surface area contributed by atoms with E-state index in [4.69, 9.17) is 15.7 Å². The van der Waals surface area contributed by atoms with Gasteiger partial charge in [0.05, 0.1) is 18.2 Å². The molecule has 0 aromatic heterocycles. The van der Waals surface area contributed by atoms with Crippen LogP contribution in [0.15, 0.2) is 24.3 Å². The van der Waals surface area contributed by atoms with E-state index in [9.17, 15) is 4.79 Å². The third-order valence-corrected chi connectivity index (χ3v) is 2.40. The van der Waals surface area contributed by atoms with Crippen LogP contribution >= 0.6 is 0 Å². The van der Waals surface area contributed by atoms with Crippen LogP contribution in [0.1, 0.15) is 25.0 Å². The van der Waals surface area contributed by atoms with Crippen molar-refractivity contribution in [2.24, 2.45) is 5.73 Å². The van der Waals surface area contributed by atoms with Gasteiger partial charge in [0.2, 0.25) is 0 Å². The van der Waals surface area contributed by atoms with Crippen molar-refractivity contribution in [3.8, 4) is 6.07 Å². The fourth-order valence-corrected chi connectivity index (χ4v) is 1.49. The van der Waals surface area contributed by atoms with Crippen molar-refractivity contribution >= 4 is 5.97 Å². The molecular formula is C13H16N2O2. The molecule has 0 heterocycles. The van der Waals surface area contributed by atoms with Gasteiger partial charge in [0.15, 0.2) is 0 Å². The predicted octanol–water partition coefficient (Wildman–Crippen LogP) is 1.38. The molecule has 0 unspecified atom stereocenters. The lowest BCUT2D eigenvalue weighted by Gasteiger charge is -2.22. The molecule has 0 amide bonds. The van der Waals surface area contributed by atoms with E-state index >= 15 is 0 Å². The molecule has 1 atom stereocenters. The van der Waals surface area contributed by atoms with Gasteiger partial charge in [-0.05, 0) is 31.5 Å². The van der Waals surface area contributed by atoms with Gasteiger partial charge >= 0.3 is 5.97 Å². The normalized spacial score (nSPS) is 13.5. The van der Waals surface area contributed by atoms with Crippen molar-refractivity contribution < 1.29 is 9.53 Å². The molecule has 0 fully saturated rings. The molecule has 2 N–H and O–H groups in total. The Hall–Kier alpha value is -1.86. The van der Waals surface area contributed by atoms with Gasteiger partial charge in [-0.2, -0.15) is 5.26 Å². The van der Waals surface area contributed by atoms with Crippen molar-refractivity contribution in [1.29, 1.82) is 5.26 Å². The Morgan fingerprint density at radius 1 is 1.47 bits per heavy atom. The number of carbonyl (C=O) groups is 1. The maximum absolute atomic E-state index is 11.6. The first-order valence-electron chi connectivity index (χ1n) is 5.44. The van der Waals surface area contributed by atoms with Crippen molar-refractivity contribution in [2.75, 3.05) is 6.61 Å². The standard InChI is InChI=1S/C13H16N2O2/c1-3-17-12(16)13(2,15)8-10-4-6-11(9-14)7-5-10/h4-7H,3,8,15H2,1-2H3/t13-/m1/s1. The van der Waals surface area contributed by atoms with E-state index in [2.05, 4.69) is 0 Å². The van der Waals surface area contributed by atoms with E-state index in [0.29, 0.717) is 18.6 Å². The monoisotopic (exact) mass is 232 g/mol. The van der Waals surface area contributed by atoms with Crippen molar-refractivity contribution in [3.63, 3.8) is 0 Å². The zero-order valence-electron chi connectivity index (χ0n) is 10.1. The summed E-state index contributed by atoms with van der Waals surface area (Å²) in [5.41, 5.74) is 6.36. The minimum absolute atomic E-state index is 0.318. The highest BCUT2D eigenvalue weighted by Gasteiger charge is 2.30. The second kappa shape index (κ2) is 5.46. The predicted molar refractivity (Wildman–Crippen MR) is 64.1 cm³/mol. The maximum atomic E-state index is 11.6. The number of nitriles is 1. The van der Waals surface area contributed by atoms with Crippen LogP contribution in [0.4, 0.5) is 0 Å². The maximum Gasteiger partial charge on any atom is 0.326 e. The summed E-state index contributed by atoms with van der Waals surface area (Å²) in [6.45, 7) is 3.71. The van der Waals surface area contributed by atoms with Crippen LogP contribution < -0.4 is 5.73 Å².